The highest BCUT2D eigenvalue weighted by molar-refractivity contribution is 7.21. The van der Waals surface area contributed by atoms with Gasteiger partial charge in [0.2, 0.25) is 0 Å². The maximum absolute atomic E-state index is 12.4. The van der Waals surface area contributed by atoms with Gasteiger partial charge in [-0.05, 0) is 50.7 Å². The highest BCUT2D eigenvalue weighted by Gasteiger charge is 2.18. The zero-order valence-electron chi connectivity index (χ0n) is 12.8. The lowest BCUT2D eigenvalue weighted by Gasteiger charge is -2.12. The summed E-state index contributed by atoms with van der Waals surface area (Å²) in [6.45, 7) is 2.66. The van der Waals surface area contributed by atoms with E-state index < -0.39 is 0 Å². The first-order chi connectivity index (χ1) is 10.7. The second-order valence-corrected chi connectivity index (χ2v) is 6.77. The molecule has 3 N–H and O–H groups in total. The third kappa shape index (κ3) is 2.99. The molecule has 1 aliphatic rings. The Bertz CT molecular complexity index is 733. The number of nitrogens with zero attached hydrogens (tertiary/aromatic N) is 1. The van der Waals surface area contributed by atoms with Crippen LogP contribution in [0.5, 0.6) is 0 Å². The standard InChI is InChI=1S/C17H21N3OS/c1-11-7-9-20-17-13(11)14(18)15(22-17)16(21)19-10-8-12-5-3-2-4-6-12/h5,7,9H,2-4,6,8,10,18H2,1H3,(H,19,21). The van der Waals surface area contributed by atoms with E-state index in [2.05, 4.69) is 16.4 Å². The van der Waals surface area contributed by atoms with Gasteiger partial charge in [0.15, 0.2) is 0 Å². The summed E-state index contributed by atoms with van der Waals surface area (Å²) >= 11 is 1.37. The third-order valence-corrected chi connectivity index (χ3v) is 5.27. The largest absolute Gasteiger partial charge is 0.397 e. The maximum Gasteiger partial charge on any atom is 0.263 e. The van der Waals surface area contributed by atoms with Crippen LogP contribution >= 0.6 is 11.3 Å². The molecular weight excluding hydrogens is 294 g/mol. The van der Waals surface area contributed by atoms with E-state index in [0.29, 0.717) is 17.1 Å². The molecule has 22 heavy (non-hydrogen) atoms. The topological polar surface area (TPSA) is 68.0 Å². The van der Waals surface area contributed by atoms with Crippen LogP contribution in [0, 0.1) is 6.92 Å². The average Bonchev–Trinajstić information content (AvgIpc) is 2.87. The van der Waals surface area contributed by atoms with Crippen molar-refractivity contribution in [3.8, 4) is 0 Å². The van der Waals surface area contributed by atoms with Crippen LogP contribution in [0.3, 0.4) is 0 Å². The van der Waals surface area contributed by atoms with Crippen LogP contribution in [0.4, 0.5) is 5.69 Å². The van der Waals surface area contributed by atoms with Crippen molar-refractivity contribution in [3.63, 3.8) is 0 Å². The molecule has 2 aromatic rings. The molecule has 0 bridgehead atoms. The summed E-state index contributed by atoms with van der Waals surface area (Å²) in [4.78, 5) is 18.1. The van der Waals surface area contributed by atoms with E-state index in [1.807, 2.05) is 13.0 Å². The number of hydrogen-bond donors (Lipinski definition) is 2. The lowest BCUT2D eigenvalue weighted by Crippen LogP contribution is -2.24. The molecule has 2 heterocycles. The molecule has 0 saturated heterocycles. The van der Waals surface area contributed by atoms with Crippen molar-refractivity contribution >= 4 is 33.1 Å². The number of hydrogen-bond acceptors (Lipinski definition) is 4. The van der Waals surface area contributed by atoms with Crippen LogP contribution in [0.25, 0.3) is 10.2 Å². The summed E-state index contributed by atoms with van der Waals surface area (Å²) < 4.78 is 0. The van der Waals surface area contributed by atoms with Crippen molar-refractivity contribution in [1.29, 1.82) is 0 Å². The predicted molar refractivity (Wildman–Crippen MR) is 92.3 cm³/mol. The van der Waals surface area contributed by atoms with E-state index in [-0.39, 0.29) is 5.91 Å². The van der Waals surface area contributed by atoms with Crippen LogP contribution in [0.2, 0.25) is 0 Å². The Kier molecular flexibility index (Phi) is 4.43. The van der Waals surface area contributed by atoms with Gasteiger partial charge in [0.25, 0.3) is 5.91 Å². The first-order valence-electron chi connectivity index (χ1n) is 7.76. The third-order valence-electron chi connectivity index (χ3n) is 4.16. The monoisotopic (exact) mass is 315 g/mol. The molecule has 1 aliphatic carbocycles. The number of pyridine rings is 1. The van der Waals surface area contributed by atoms with Gasteiger partial charge in [0, 0.05) is 18.1 Å². The summed E-state index contributed by atoms with van der Waals surface area (Å²) in [5.41, 5.74) is 9.24. The molecule has 0 saturated carbocycles. The second kappa shape index (κ2) is 6.48. The highest BCUT2D eigenvalue weighted by Crippen LogP contribution is 2.34. The lowest BCUT2D eigenvalue weighted by molar-refractivity contribution is 0.0959. The normalized spacial score (nSPS) is 14.9. The number of rotatable bonds is 4. The van der Waals surface area contributed by atoms with Gasteiger partial charge in [-0.25, -0.2) is 4.98 Å². The lowest BCUT2D eigenvalue weighted by atomic mass is 9.97. The summed E-state index contributed by atoms with van der Waals surface area (Å²) in [7, 11) is 0. The first-order valence-corrected chi connectivity index (χ1v) is 8.58. The zero-order valence-corrected chi connectivity index (χ0v) is 13.6. The molecule has 116 valence electrons. The van der Waals surface area contributed by atoms with Crippen molar-refractivity contribution in [1.82, 2.24) is 10.3 Å². The summed E-state index contributed by atoms with van der Waals surface area (Å²) in [5.74, 6) is -0.0868. The van der Waals surface area contributed by atoms with Gasteiger partial charge in [0.1, 0.15) is 9.71 Å². The fraction of sp³-hybridized carbons (Fsp3) is 0.412. The van der Waals surface area contributed by atoms with Crippen molar-refractivity contribution in [2.24, 2.45) is 0 Å². The molecule has 1 amide bonds. The fourth-order valence-electron chi connectivity index (χ4n) is 2.92. The predicted octanol–water partition coefficient (Wildman–Crippen LogP) is 3.81. The molecule has 2 aromatic heterocycles. The first kappa shape index (κ1) is 15.0. The molecule has 0 aromatic carbocycles. The van der Waals surface area contributed by atoms with Gasteiger partial charge in [-0.15, -0.1) is 11.3 Å². The maximum atomic E-state index is 12.4. The van der Waals surface area contributed by atoms with E-state index in [0.717, 1.165) is 22.2 Å². The molecule has 0 unspecified atom stereocenters. The van der Waals surface area contributed by atoms with Gasteiger partial charge >= 0.3 is 0 Å². The van der Waals surface area contributed by atoms with E-state index in [9.17, 15) is 4.79 Å². The Balaban J connectivity index is 1.68. The van der Waals surface area contributed by atoms with Gasteiger partial charge < -0.3 is 11.1 Å². The van der Waals surface area contributed by atoms with E-state index >= 15 is 0 Å². The molecule has 0 atom stereocenters. The SMILES string of the molecule is Cc1ccnc2sc(C(=O)NCCC3=CCCCC3)c(N)c12. The summed E-state index contributed by atoms with van der Waals surface area (Å²) in [5, 5.41) is 3.90. The molecule has 0 radical (unpaired) electrons. The van der Waals surface area contributed by atoms with Gasteiger partial charge in [-0.3, -0.25) is 4.79 Å². The number of carbonyl (C=O) groups is 1. The number of nitrogens with two attached hydrogens (primary N) is 1. The minimum atomic E-state index is -0.0868. The summed E-state index contributed by atoms with van der Waals surface area (Å²) in [6.07, 6.45) is 9.92. The van der Waals surface area contributed by atoms with Gasteiger partial charge in [0.05, 0.1) is 5.69 Å². The van der Waals surface area contributed by atoms with Gasteiger partial charge in [-0.2, -0.15) is 0 Å². The van der Waals surface area contributed by atoms with Crippen LogP contribution in [-0.2, 0) is 0 Å². The number of amides is 1. The second-order valence-electron chi connectivity index (χ2n) is 5.77. The number of aryl methyl sites for hydroxylation is 1. The van der Waals surface area contributed by atoms with Crippen LogP contribution in [0.15, 0.2) is 23.9 Å². The minimum absolute atomic E-state index is 0.0868. The molecule has 0 aliphatic heterocycles. The highest BCUT2D eigenvalue weighted by atomic mass is 32.1. The number of aromatic nitrogens is 1. The van der Waals surface area contributed by atoms with E-state index in [1.165, 1.54) is 42.6 Å². The van der Waals surface area contributed by atoms with Crippen LogP contribution in [-0.4, -0.2) is 17.4 Å². The summed E-state index contributed by atoms with van der Waals surface area (Å²) in [6, 6.07) is 1.92. The average molecular weight is 315 g/mol. The van der Waals surface area contributed by atoms with Crippen molar-refractivity contribution in [2.45, 2.75) is 39.0 Å². The molecule has 3 rings (SSSR count). The molecule has 5 heteroatoms. The number of allylic oxidation sites excluding steroid dienone is 1. The number of nitrogens with one attached hydrogen (secondary N) is 1. The Morgan fingerprint density at radius 1 is 1.45 bits per heavy atom. The number of anilines is 1. The van der Waals surface area contributed by atoms with E-state index in [4.69, 9.17) is 5.73 Å². The number of carbonyl (C=O) groups excluding carboxylic acids is 1. The molecular formula is C17H21N3OS. The van der Waals surface area contributed by atoms with Crippen molar-refractivity contribution in [2.75, 3.05) is 12.3 Å². The number of fused-ring (bicyclic) bond motifs is 1. The molecule has 0 fully saturated rings. The van der Waals surface area contributed by atoms with Crippen LogP contribution < -0.4 is 11.1 Å². The van der Waals surface area contributed by atoms with Crippen molar-refractivity contribution in [3.05, 3.63) is 34.4 Å². The van der Waals surface area contributed by atoms with Crippen molar-refractivity contribution < 1.29 is 4.79 Å². The Hall–Kier alpha value is -1.88. The number of nitrogen functional groups attached to an aromatic ring is 1. The Labute approximate surface area is 134 Å². The van der Waals surface area contributed by atoms with Gasteiger partial charge in [-0.1, -0.05) is 11.6 Å². The quantitative estimate of drug-likeness (QED) is 0.843. The zero-order chi connectivity index (χ0) is 15.5. The fourth-order valence-corrected chi connectivity index (χ4v) is 3.98. The van der Waals surface area contributed by atoms with Crippen LogP contribution in [0.1, 0.15) is 47.3 Å². The van der Waals surface area contributed by atoms with E-state index in [1.54, 1.807) is 6.20 Å². The Morgan fingerprint density at radius 3 is 3.05 bits per heavy atom. The minimum Gasteiger partial charge on any atom is -0.397 e. The Morgan fingerprint density at radius 2 is 2.32 bits per heavy atom. The smallest absolute Gasteiger partial charge is 0.263 e. The molecule has 0 spiro atoms. The molecule has 4 nitrogen and oxygen atoms in total. The number of thiophene rings is 1.